The molecule has 0 aliphatic heterocycles. The number of nitro groups is 1. The lowest BCUT2D eigenvalue weighted by atomic mass is 10.1. The molecule has 0 fully saturated rings. The third kappa shape index (κ3) is 3.78. The number of anilines is 1. The Morgan fingerprint density at radius 2 is 1.86 bits per heavy atom. The fraction of sp³-hybridized carbons (Fsp3) is 0.0769. The minimum absolute atomic E-state index is 0.0154. The Labute approximate surface area is 138 Å². The minimum atomic E-state index is -0.444. The molecule has 0 unspecified atom stereocenters. The molecule has 0 aliphatic rings. The van der Waals surface area contributed by atoms with E-state index in [1.54, 1.807) is 12.1 Å². The van der Waals surface area contributed by atoms with E-state index >= 15 is 0 Å². The maximum atomic E-state index is 11.0. The highest BCUT2D eigenvalue weighted by atomic mass is 79.9. The molecule has 0 spiro atoms. The molecule has 5 nitrogen and oxygen atoms in total. The standard InChI is InChI=1S/C13H9BrCl2N2O3/c14-8-1-2-12(18(20)21)7(3-8)6-17-9-4-10(15)13(19)11(16)5-9/h1-5,17,19H,6H2. The van der Waals surface area contributed by atoms with Crippen LogP contribution in [-0.2, 0) is 6.54 Å². The average molecular weight is 392 g/mol. The molecule has 0 aromatic heterocycles. The Morgan fingerprint density at radius 1 is 1.24 bits per heavy atom. The quantitative estimate of drug-likeness (QED) is 0.437. The van der Waals surface area contributed by atoms with Crippen LogP contribution in [0.5, 0.6) is 5.75 Å². The number of nitrogens with one attached hydrogen (secondary N) is 1. The zero-order valence-corrected chi connectivity index (χ0v) is 13.5. The van der Waals surface area contributed by atoms with Gasteiger partial charge in [0.05, 0.1) is 15.0 Å². The minimum Gasteiger partial charge on any atom is -0.505 e. The topological polar surface area (TPSA) is 75.4 Å². The van der Waals surface area contributed by atoms with Gasteiger partial charge in [0, 0.05) is 28.3 Å². The van der Waals surface area contributed by atoms with Gasteiger partial charge in [0.25, 0.3) is 5.69 Å². The Balaban J connectivity index is 2.24. The van der Waals surface area contributed by atoms with Gasteiger partial charge < -0.3 is 10.4 Å². The second-order valence-corrected chi connectivity index (χ2v) is 5.90. The number of phenolic OH excluding ortho intramolecular Hbond substituents is 1. The summed E-state index contributed by atoms with van der Waals surface area (Å²) in [5.41, 5.74) is 1.08. The maximum absolute atomic E-state index is 11.0. The van der Waals surface area contributed by atoms with E-state index in [1.807, 2.05) is 0 Å². The molecule has 21 heavy (non-hydrogen) atoms. The van der Waals surface area contributed by atoms with Gasteiger partial charge in [-0.1, -0.05) is 39.1 Å². The van der Waals surface area contributed by atoms with Crippen molar-refractivity contribution in [3.05, 3.63) is 60.5 Å². The van der Waals surface area contributed by atoms with Gasteiger partial charge in [-0.15, -0.1) is 0 Å². The number of hydrogen-bond acceptors (Lipinski definition) is 4. The summed E-state index contributed by atoms with van der Waals surface area (Å²) < 4.78 is 0.742. The van der Waals surface area contributed by atoms with E-state index in [0.29, 0.717) is 11.3 Å². The predicted octanol–water partition coefficient (Wildman–Crippen LogP) is 4.98. The van der Waals surface area contributed by atoms with Crippen molar-refractivity contribution in [2.45, 2.75) is 6.54 Å². The molecule has 0 aliphatic carbocycles. The van der Waals surface area contributed by atoms with E-state index in [2.05, 4.69) is 21.2 Å². The molecule has 110 valence electrons. The molecule has 0 amide bonds. The molecule has 0 saturated heterocycles. The monoisotopic (exact) mass is 390 g/mol. The molecular weight excluding hydrogens is 383 g/mol. The van der Waals surface area contributed by atoms with Crippen molar-refractivity contribution in [3.8, 4) is 5.75 Å². The summed E-state index contributed by atoms with van der Waals surface area (Å²) in [6.07, 6.45) is 0. The first kappa shape index (κ1) is 15.9. The van der Waals surface area contributed by atoms with Gasteiger partial charge in [-0.3, -0.25) is 10.1 Å². The number of rotatable bonds is 4. The van der Waals surface area contributed by atoms with E-state index in [9.17, 15) is 15.2 Å². The van der Waals surface area contributed by atoms with Crippen molar-refractivity contribution in [1.82, 2.24) is 0 Å². The maximum Gasteiger partial charge on any atom is 0.274 e. The highest BCUT2D eigenvalue weighted by Gasteiger charge is 2.14. The summed E-state index contributed by atoms with van der Waals surface area (Å²) in [7, 11) is 0. The SMILES string of the molecule is O=[N+]([O-])c1ccc(Br)cc1CNc1cc(Cl)c(O)c(Cl)c1. The number of nitrogens with zero attached hydrogens (tertiary/aromatic N) is 1. The Bertz CT molecular complexity index is 687. The first-order chi connectivity index (χ1) is 9.88. The third-order valence-corrected chi connectivity index (χ3v) is 3.81. The van der Waals surface area contributed by atoms with Crippen molar-refractivity contribution in [1.29, 1.82) is 0 Å². The van der Waals surface area contributed by atoms with Gasteiger partial charge in [-0.2, -0.15) is 0 Å². The second kappa shape index (κ2) is 6.51. The van der Waals surface area contributed by atoms with E-state index in [-0.39, 0.29) is 28.0 Å². The van der Waals surface area contributed by atoms with Crippen molar-refractivity contribution in [3.63, 3.8) is 0 Å². The Hall–Kier alpha value is -1.50. The summed E-state index contributed by atoms with van der Waals surface area (Å²) >= 11 is 14.9. The lowest BCUT2D eigenvalue weighted by Crippen LogP contribution is -2.03. The van der Waals surface area contributed by atoms with Gasteiger partial charge in [0.15, 0.2) is 5.75 Å². The first-order valence-corrected chi connectivity index (χ1v) is 7.28. The molecule has 0 bridgehead atoms. The molecule has 0 atom stereocenters. The first-order valence-electron chi connectivity index (χ1n) is 5.73. The summed E-state index contributed by atoms with van der Waals surface area (Å²) in [6, 6.07) is 7.68. The fourth-order valence-electron chi connectivity index (χ4n) is 1.74. The lowest BCUT2D eigenvalue weighted by molar-refractivity contribution is -0.385. The zero-order chi connectivity index (χ0) is 15.6. The van der Waals surface area contributed by atoms with Crippen LogP contribution in [0, 0.1) is 10.1 Å². The largest absolute Gasteiger partial charge is 0.505 e. The van der Waals surface area contributed by atoms with Crippen LogP contribution in [0.3, 0.4) is 0 Å². The van der Waals surface area contributed by atoms with Gasteiger partial charge in [-0.25, -0.2) is 0 Å². The van der Waals surface area contributed by atoms with E-state index < -0.39 is 4.92 Å². The van der Waals surface area contributed by atoms with Crippen LogP contribution in [0.25, 0.3) is 0 Å². The molecule has 2 aromatic carbocycles. The van der Waals surface area contributed by atoms with Gasteiger partial charge >= 0.3 is 0 Å². The molecule has 2 aromatic rings. The molecule has 2 rings (SSSR count). The summed E-state index contributed by atoms with van der Waals surface area (Å²) in [6.45, 7) is 0.215. The molecule has 0 saturated carbocycles. The number of benzene rings is 2. The van der Waals surface area contributed by atoms with Crippen LogP contribution >= 0.6 is 39.1 Å². The molecule has 0 radical (unpaired) electrons. The third-order valence-electron chi connectivity index (χ3n) is 2.74. The van der Waals surface area contributed by atoms with Crippen molar-refractivity contribution < 1.29 is 10.0 Å². The van der Waals surface area contributed by atoms with E-state index in [0.717, 1.165) is 4.47 Å². The van der Waals surface area contributed by atoms with Crippen LogP contribution in [0.15, 0.2) is 34.8 Å². The summed E-state index contributed by atoms with van der Waals surface area (Å²) in [5.74, 6) is -0.197. The lowest BCUT2D eigenvalue weighted by Gasteiger charge is -2.09. The predicted molar refractivity (Wildman–Crippen MR) is 86.2 cm³/mol. The number of phenols is 1. The van der Waals surface area contributed by atoms with Gasteiger partial charge in [0.1, 0.15) is 0 Å². The molecule has 8 heteroatoms. The van der Waals surface area contributed by atoms with Crippen LogP contribution in [0.1, 0.15) is 5.56 Å². The summed E-state index contributed by atoms with van der Waals surface area (Å²) in [4.78, 5) is 10.5. The van der Waals surface area contributed by atoms with Crippen LogP contribution < -0.4 is 5.32 Å². The van der Waals surface area contributed by atoms with E-state index in [4.69, 9.17) is 23.2 Å². The van der Waals surface area contributed by atoms with Gasteiger partial charge in [0.2, 0.25) is 0 Å². The number of aromatic hydroxyl groups is 1. The van der Waals surface area contributed by atoms with Crippen LogP contribution in [-0.4, -0.2) is 10.0 Å². The van der Waals surface area contributed by atoms with E-state index in [1.165, 1.54) is 18.2 Å². The zero-order valence-electron chi connectivity index (χ0n) is 10.4. The van der Waals surface area contributed by atoms with Crippen molar-refractivity contribution in [2.24, 2.45) is 0 Å². The highest BCUT2D eigenvalue weighted by Crippen LogP contribution is 2.35. The smallest absolute Gasteiger partial charge is 0.274 e. The van der Waals surface area contributed by atoms with Gasteiger partial charge in [-0.05, 0) is 24.3 Å². The number of halogens is 3. The normalized spacial score (nSPS) is 10.4. The molecule has 0 heterocycles. The summed E-state index contributed by atoms with van der Waals surface area (Å²) in [5, 5.41) is 23.7. The van der Waals surface area contributed by atoms with Crippen LogP contribution in [0.4, 0.5) is 11.4 Å². The molecular formula is C13H9BrCl2N2O3. The number of nitro benzene ring substituents is 1. The van der Waals surface area contributed by atoms with Crippen molar-refractivity contribution in [2.75, 3.05) is 5.32 Å². The Kier molecular flexibility index (Phi) is 4.92. The second-order valence-electron chi connectivity index (χ2n) is 4.17. The molecule has 2 N–H and O–H groups in total. The average Bonchev–Trinajstić information content (AvgIpc) is 2.42. The van der Waals surface area contributed by atoms with Crippen molar-refractivity contribution >= 4 is 50.5 Å². The Morgan fingerprint density at radius 3 is 2.43 bits per heavy atom. The highest BCUT2D eigenvalue weighted by molar-refractivity contribution is 9.10. The van der Waals surface area contributed by atoms with Crippen LogP contribution in [0.2, 0.25) is 10.0 Å². The fourth-order valence-corrected chi connectivity index (χ4v) is 2.63. The number of hydrogen-bond donors (Lipinski definition) is 2.